The van der Waals surface area contributed by atoms with Gasteiger partial charge in [0.2, 0.25) is 5.91 Å². The maximum atomic E-state index is 13.3. The van der Waals surface area contributed by atoms with Crippen molar-refractivity contribution < 1.29 is 18.1 Å². The summed E-state index contributed by atoms with van der Waals surface area (Å²) in [6, 6.07) is 9.12. The molecular weight excluding hydrogens is 427 g/mol. The molecule has 0 unspecified atom stereocenters. The molecule has 0 saturated heterocycles. The van der Waals surface area contributed by atoms with Crippen LogP contribution in [0.2, 0.25) is 5.02 Å². The molecule has 0 bridgehead atoms. The fraction of sp³-hybridized carbons (Fsp3) is 0.143. The van der Waals surface area contributed by atoms with Gasteiger partial charge in [0, 0.05) is 17.8 Å². The largest absolute Gasteiger partial charge is 0.463 e. The van der Waals surface area contributed by atoms with E-state index in [-0.39, 0.29) is 10.7 Å². The van der Waals surface area contributed by atoms with E-state index >= 15 is 0 Å². The first-order valence-electron chi connectivity index (χ1n) is 9.21. The van der Waals surface area contributed by atoms with Gasteiger partial charge >= 0.3 is 0 Å². The molecule has 1 aromatic carbocycles. The highest BCUT2D eigenvalue weighted by Gasteiger charge is 2.23. The molecule has 1 N–H and O–H groups in total. The normalized spacial score (nSPS) is 12.0. The molecule has 4 aromatic rings. The molecule has 3 aromatic heterocycles. The summed E-state index contributed by atoms with van der Waals surface area (Å²) < 4.78 is 25.1. The standard InChI is InChI=1S/C21H16ClFN4O4/c1-11-8-18(31-26-11)14-10-19(28)27(25-20(14)17-4-3-7-30-17)12(2)21(29)24-13-5-6-16(23)15(22)9-13/h3-10,12H,1-2H3,(H,24,29)/t12-/m0/s1. The summed E-state index contributed by atoms with van der Waals surface area (Å²) in [5, 5.41) is 10.7. The van der Waals surface area contributed by atoms with Crippen LogP contribution in [0, 0.1) is 12.7 Å². The van der Waals surface area contributed by atoms with Crippen molar-refractivity contribution in [2.75, 3.05) is 5.32 Å². The molecule has 0 aliphatic rings. The summed E-state index contributed by atoms with van der Waals surface area (Å²) in [5.74, 6) is -0.410. The molecule has 0 spiro atoms. The zero-order valence-corrected chi connectivity index (χ0v) is 17.2. The number of carbonyl (C=O) groups is 1. The maximum absolute atomic E-state index is 13.3. The van der Waals surface area contributed by atoms with Crippen LogP contribution in [0.25, 0.3) is 22.8 Å². The SMILES string of the molecule is Cc1cc(-c2cc(=O)n([C@@H](C)C(=O)Nc3ccc(F)c(Cl)c3)nc2-c2ccco2)on1. The van der Waals surface area contributed by atoms with Gasteiger partial charge in [0.15, 0.2) is 11.5 Å². The van der Waals surface area contributed by atoms with Crippen LogP contribution in [0.4, 0.5) is 10.1 Å². The van der Waals surface area contributed by atoms with Crippen LogP contribution in [-0.2, 0) is 4.79 Å². The van der Waals surface area contributed by atoms with E-state index in [1.54, 1.807) is 25.1 Å². The predicted molar refractivity (Wildman–Crippen MR) is 111 cm³/mol. The van der Waals surface area contributed by atoms with Crippen molar-refractivity contribution in [2.45, 2.75) is 19.9 Å². The Morgan fingerprint density at radius 2 is 2.03 bits per heavy atom. The topological polar surface area (TPSA) is 103 Å². The zero-order chi connectivity index (χ0) is 22.1. The van der Waals surface area contributed by atoms with E-state index in [0.717, 1.165) is 10.7 Å². The van der Waals surface area contributed by atoms with Gasteiger partial charge in [0.05, 0.1) is 22.5 Å². The number of hydrogen-bond donors (Lipinski definition) is 1. The number of nitrogens with zero attached hydrogens (tertiary/aromatic N) is 3. The van der Waals surface area contributed by atoms with Gasteiger partial charge in [0.1, 0.15) is 17.6 Å². The molecule has 0 aliphatic carbocycles. The first-order valence-corrected chi connectivity index (χ1v) is 9.58. The third kappa shape index (κ3) is 4.13. The quantitative estimate of drug-likeness (QED) is 0.489. The van der Waals surface area contributed by atoms with Gasteiger partial charge < -0.3 is 14.3 Å². The van der Waals surface area contributed by atoms with E-state index in [9.17, 15) is 14.0 Å². The average Bonchev–Trinajstić information content (AvgIpc) is 3.42. The lowest BCUT2D eigenvalue weighted by Gasteiger charge is -2.16. The molecule has 0 saturated carbocycles. The summed E-state index contributed by atoms with van der Waals surface area (Å²) in [7, 11) is 0. The number of halogens is 2. The van der Waals surface area contributed by atoms with Crippen LogP contribution in [0.3, 0.4) is 0 Å². The van der Waals surface area contributed by atoms with Gasteiger partial charge in [-0.25, -0.2) is 9.07 Å². The Morgan fingerprint density at radius 3 is 2.68 bits per heavy atom. The van der Waals surface area contributed by atoms with Crippen LogP contribution in [0.5, 0.6) is 0 Å². The molecule has 4 rings (SSSR count). The third-order valence-electron chi connectivity index (χ3n) is 4.54. The van der Waals surface area contributed by atoms with Gasteiger partial charge in [0.25, 0.3) is 5.56 Å². The van der Waals surface area contributed by atoms with Crippen molar-refractivity contribution in [3.63, 3.8) is 0 Å². The van der Waals surface area contributed by atoms with Crippen LogP contribution >= 0.6 is 11.6 Å². The smallest absolute Gasteiger partial charge is 0.268 e. The maximum Gasteiger partial charge on any atom is 0.268 e. The van der Waals surface area contributed by atoms with Crippen LogP contribution in [-0.4, -0.2) is 20.8 Å². The van der Waals surface area contributed by atoms with E-state index in [4.69, 9.17) is 20.5 Å². The van der Waals surface area contributed by atoms with E-state index in [0.29, 0.717) is 28.5 Å². The summed E-state index contributed by atoms with van der Waals surface area (Å²) in [5.41, 5.74) is 1.09. The van der Waals surface area contributed by atoms with Crippen LogP contribution < -0.4 is 10.9 Å². The minimum absolute atomic E-state index is 0.132. The van der Waals surface area contributed by atoms with E-state index in [2.05, 4.69) is 15.6 Å². The van der Waals surface area contributed by atoms with Gasteiger partial charge in [-0.3, -0.25) is 9.59 Å². The summed E-state index contributed by atoms with van der Waals surface area (Å²) in [6.07, 6.45) is 1.47. The molecule has 158 valence electrons. The second-order valence-electron chi connectivity index (χ2n) is 6.79. The van der Waals surface area contributed by atoms with E-state index in [1.807, 2.05) is 0 Å². The van der Waals surface area contributed by atoms with Crippen LogP contribution in [0.15, 0.2) is 62.5 Å². The molecule has 0 radical (unpaired) electrons. The van der Waals surface area contributed by atoms with Crippen molar-refractivity contribution in [1.29, 1.82) is 0 Å². The zero-order valence-electron chi connectivity index (χ0n) is 16.4. The molecule has 0 aliphatic heterocycles. The Bertz CT molecular complexity index is 1310. The highest BCUT2D eigenvalue weighted by molar-refractivity contribution is 6.31. The molecular formula is C21H16ClFN4O4. The Balaban J connectivity index is 1.72. The van der Waals surface area contributed by atoms with Gasteiger partial charge in [-0.15, -0.1) is 0 Å². The number of carbonyl (C=O) groups excluding carboxylic acids is 1. The molecule has 1 atom stereocenters. The monoisotopic (exact) mass is 442 g/mol. The third-order valence-corrected chi connectivity index (χ3v) is 4.83. The number of aryl methyl sites for hydroxylation is 1. The summed E-state index contributed by atoms with van der Waals surface area (Å²) in [4.78, 5) is 25.5. The first kappa shape index (κ1) is 20.5. The van der Waals surface area contributed by atoms with Crippen molar-refractivity contribution in [2.24, 2.45) is 0 Å². The highest BCUT2D eigenvalue weighted by Crippen LogP contribution is 2.30. The minimum atomic E-state index is -0.990. The molecule has 3 heterocycles. The summed E-state index contributed by atoms with van der Waals surface area (Å²) >= 11 is 5.76. The molecule has 8 nitrogen and oxygen atoms in total. The second kappa shape index (κ2) is 8.19. The number of benzene rings is 1. The fourth-order valence-corrected chi connectivity index (χ4v) is 3.13. The van der Waals surface area contributed by atoms with Gasteiger partial charge in [-0.1, -0.05) is 16.8 Å². The molecule has 10 heteroatoms. The van der Waals surface area contributed by atoms with Crippen LogP contribution in [0.1, 0.15) is 18.7 Å². The Hall–Kier alpha value is -3.72. The molecule has 0 fully saturated rings. The van der Waals surface area contributed by atoms with E-state index < -0.39 is 23.3 Å². The number of anilines is 1. The van der Waals surface area contributed by atoms with Gasteiger partial charge in [-0.05, 0) is 44.2 Å². The van der Waals surface area contributed by atoms with E-state index in [1.165, 1.54) is 31.4 Å². The number of furan rings is 1. The summed E-state index contributed by atoms with van der Waals surface area (Å²) in [6.45, 7) is 3.27. The predicted octanol–water partition coefficient (Wildman–Crippen LogP) is 4.46. The van der Waals surface area contributed by atoms with Crippen molar-refractivity contribution >= 4 is 23.2 Å². The second-order valence-corrected chi connectivity index (χ2v) is 7.20. The Labute approximate surface area is 180 Å². The Kier molecular flexibility index (Phi) is 5.43. The van der Waals surface area contributed by atoms with Gasteiger partial charge in [-0.2, -0.15) is 5.10 Å². The number of hydrogen-bond acceptors (Lipinski definition) is 6. The van der Waals surface area contributed by atoms with Crippen molar-refractivity contribution in [1.82, 2.24) is 14.9 Å². The number of nitrogens with one attached hydrogen (secondary N) is 1. The lowest BCUT2D eigenvalue weighted by Crippen LogP contribution is -2.33. The van der Waals surface area contributed by atoms with Crippen molar-refractivity contribution in [3.05, 3.63) is 75.6 Å². The van der Waals surface area contributed by atoms with Crippen molar-refractivity contribution in [3.8, 4) is 22.8 Å². The fourth-order valence-electron chi connectivity index (χ4n) is 2.95. The Morgan fingerprint density at radius 1 is 1.23 bits per heavy atom. The average molecular weight is 443 g/mol. The first-order chi connectivity index (χ1) is 14.8. The lowest BCUT2D eigenvalue weighted by atomic mass is 10.1. The lowest BCUT2D eigenvalue weighted by molar-refractivity contribution is -0.119. The number of aromatic nitrogens is 3. The highest BCUT2D eigenvalue weighted by atomic mass is 35.5. The minimum Gasteiger partial charge on any atom is -0.463 e. The number of rotatable bonds is 5. The number of amides is 1. The molecule has 31 heavy (non-hydrogen) atoms. The molecule has 1 amide bonds.